The highest BCUT2D eigenvalue weighted by molar-refractivity contribution is 5.93. The Morgan fingerprint density at radius 2 is 1.83 bits per heavy atom. The third kappa shape index (κ3) is 5.11. The Bertz CT molecular complexity index is 540. The van der Waals surface area contributed by atoms with Crippen molar-refractivity contribution >= 4 is 17.4 Å². The quantitative estimate of drug-likeness (QED) is 0.898. The summed E-state index contributed by atoms with van der Waals surface area (Å²) in [6.07, 6.45) is 0.500. The predicted molar refractivity (Wildman–Crippen MR) is 98.9 cm³/mol. The number of nitrogens with zero attached hydrogens (tertiary/aromatic N) is 3. The van der Waals surface area contributed by atoms with E-state index in [-0.39, 0.29) is 18.2 Å². The van der Waals surface area contributed by atoms with E-state index >= 15 is 0 Å². The van der Waals surface area contributed by atoms with E-state index in [0.29, 0.717) is 6.54 Å². The zero-order valence-corrected chi connectivity index (χ0v) is 15.5. The summed E-state index contributed by atoms with van der Waals surface area (Å²) >= 11 is 0. The lowest BCUT2D eigenvalue weighted by Gasteiger charge is -2.36. The minimum atomic E-state index is -0.0846. The second-order valence-electron chi connectivity index (χ2n) is 6.78. The number of rotatable bonds is 5. The molecule has 2 rings (SSSR count). The maximum Gasteiger partial charge on any atom is 0.321 e. The monoisotopic (exact) mass is 334 g/mol. The molecule has 2 amide bonds. The van der Waals surface area contributed by atoms with Gasteiger partial charge in [0, 0.05) is 47.3 Å². The van der Waals surface area contributed by atoms with Crippen LogP contribution in [0.4, 0.5) is 16.2 Å². The first kappa shape index (κ1) is 18.5. The average molecular weight is 334 g/mol. The molecular formula is C18H30N4O2. The van der Waals surface area contributed by atoms with E-state index in [1.54, 1.807) is 4.90 Å². The molecule has 24 heavy (non-hydrogen) atoms. The summed E-state index contributed by atoms with van der Waals surface area (Å²) in [4.78, 5) is 18.5. The van der Waals surface area contributed by atoms with Gasteiger partial charge in [0.15, 0.2) is 0 Å². The number of anilines is 2. The lowest BCUT2D eigenvalue weighted by atomic mass is 10.2. The van der Waals surface area contributed by atoms with Crippen LogP contribution in [0.25, 0.3) is 0 Å². The molecule has 1 aliphatic heterocycles. The van der Waals surface area contributed by atoms with Gasteiger partial charge >= 0.3 is 6.03 Å². The summed E-state index contributed by atoms with van der Waals surface area (Å²) < 4.78 is 5.75. The van der Waals surface area contributed by atoms with Gasteiger partial charge in [-0.2, -0.15) is 0 Å². The number of likely N-dealkylation sites (N-methyl/N-ethyl adjacent to an activating group) is 1. The molecule has 1 N–H and O–H groups in total. The van der Waals surface area contributed by atoms with Crippen molar-refractivity contribution in [2.75, 3.05) is 57.5 Å². The molecule has 1 saturated heterocycles. The summed E-state index contributed by atoms with van der Waals surface area (Å²) in [6, 6.07) is 7.73. The lowest BCUT2D eigenvalue weighted by Crippen LogP contribution is -2.48. The van der Waals surface area contributed by atoms with Crippen molar-refractivity contribution < 1.29 is 9.53 Å². The zero-order chi connectivity index (χ0) is 17.7. The number of carbonyl (C=O) groups is 1. The third-order valence-electron chi connectivity index (χ3n) is 4.22. The van der Waals surface area contributed by atoms with E-state index in [4.69, 9.17) is 4.74 Å². The van der Waals surface area contributed by atoms with E-state index in [0.717, 1.165) is 31.0 Å². The van der Waals surface area contributed by atoms with Crippen LogP contribution in [0.15, 0.2) is 24.3 Å². The van der Waals surface area contributed by atoms with Crippen LogP contribution in [0.2, 0.25) is 0 Å². The first-order valence-corrected chi connectivity index (χ1v) is 8.53. The fraction of sp³-hybridized carbons (Fsp3) is 0.611. The third-order valence-corrected chi connectivity index (χ3v) is 4.22. The topological polar surface area (TPSA) is 48.0 Å². The minimum Gasteiger partial charge on any atom is -0.376 e. The normalized spacial score (nSPS) is 21.4. The molecule has 6 heteroatoms. The van der Waals surface area contributed by atoms with Gasteiger partial charge in [0.25, 0.3) is 0 Å². The van der Waals surface area contributed by atoms with Gasteiger partial charge in [-0.1, -0.05) is 12.1 Å². The Hall–Kier alpha value is -1.79. The Balaban J connectivity index is 1.86. The van der Waals surface area contributed by atoms with Crippen molar-refractivity contribution in [3.63, 3.8) is 0 Å². The van der Waals surface area contributed by atoms with Gasteiger partial charge in [-0.05, 0) is 26.0 Å². The molecule has 0 unspecified atom stereocenters. The fourth-order valence-electron chi connectivity index (χ4n) is 3.04. The zero-order valence-electron chi connectivity index (χ0n) is 15.5. The first-order valence-electron chi connectivity index (χ1n) is 8.53. The fourth-order valence-corrected chi connectivity index (χ4v) is 3.04. The molecule has 2 atom stereocenters. The summed E-state index contributed by atoms with van der Waals surface area (Å²) in [6.45, 7) is 7.58. The number of urea groups is 1. The standard InChI is InChI=1S/C18H30N4O2/c1-14-12-22(13-15(2)24-14)11-10-21(5)18(23)19-16-8-6-7-9-17(16)20(3)4/h6-9,14-15H,10-13H2,1-5H3,(H,19,23)/t14-,15+. The van der Waals surface area contributed by atoms with E-state index in [2.05, 4.69) is 24.1 Å². The number of para-hydroxylation sites is 2. The molecule has 0 spiro atoms. The second kappa shape index (κ2) is 8.35. The second-order valence-corrected chi connectivity index (χ2v) is 6.78. The molecule has 1 heterocycles. The van der Waals surface area contributed by atoms with Gasteiger partial charge in [0.2, 0.25) is 0 Å². The van der Waals surface area contributed by atoms with Crippen molar-refractivity contribution in [3.8, 4) is 0 Å². The lowest BCUT2D eigenvalue weighted by molar-refractivity contribution is -0.0684. The molecule has 0 saturated carbocycles. The molecule has 134 valence electrons. The van der Waals surface area contributed by atoms with E-state index in [1.165, 1.54) is 0 Å². The maximum absolute atomic E-state index is 12.4. The number of benzene rings is 1. The van der Waals surface area contributed by atoms with Gasteiger partial charge in [-0.25, -0.2) is 4.79 Å². The van der Waals surface area contributed by atoms with Crippen molar-refractivity contribution in [2.24, 2.45) is 0 Å². The largest absolute Gasteiger partial charge is 0.376 e. The van der Waals surface area contributed by atoms with Crippen molar-refractivity contribution in [1.82, 2.24) is 9.80 Å². The first-order chi connectivity index (χ1) is 11.4. The van der Waals surface area contributed by atoms with Crippen LogP contribution in [0.5, 0.6) is 0 Å². The molecule has 1 aromatic carbocycles. The summed E-state index contributed by atoms with van der Waals surface area (Å²) in [7, 11) is 5.77. The number of amides is 2. The maximum atomic E-state index is 12.4. The van der Waals surface area contributed by atoms with Gasteiger partial charge in [0.05, 0.1) is 23.6 Å². The van der Waals surface area contributed by atoms with Gasteiger partial charge in [-0.3, -0.25) is 4.90 Å². The molecule has 1 aliphatic rings. The van der Waals surface area contributed by atoms with E-state index in [9.17, 15) is 4.79 Å². The predicted octanol–water partition coefficient (Wildman–Crippen LogP) is 2.33. The van der Waals surface area contributed by atoms with Crippen LogP contribution in [0.1, 0.15) is 13.8 Å². The Morgan fingerprint density at radius 3 is 2.46 bits per heavy atom. The number of morpholine rings is 1. The molecule has 0 aromatic heterocycles. The minimum absolute atomic E-state index is 0.0846. The highest BCUT2D eigenvalue weighted by Crippen LogP contribution is 2.23. The average Bonchev–Trinajstić information content (AvgIpc) is 2.52. The van der Waals surface area contributed by atoms with Gasteiger partial charge in [-0.15, -0.1) is 0 Å². The van der Waals surface area contributed by atoms with Crippen LogP contribution in [-0.2, 0) is 4.74 Å². The van der Waals surface area contributed by atoms with Crippen molar-refractivity contribution in [3.05, 3.63) is 24.3 Å². The number of hydrogen-bond acceptors (Lipinski definition) is 4. The van der Waals surface area contributed by atoms with Gasteiger partial charge in [0.1, 0.15) is 0 Å². The molecule has 6 nitrogen and oxygen atoms in total. The SMILES string of the molecule is C[C@@H]1CN(CCN(C)C(=O)Nc2ccccc2N(C)C)C[C@H](C)O1. The molecular weight excluding hydrogens is 304 g/mol. The summed E-state index contributed by atoms with van der Waals surface area (Å²) in [5.74, 6) is 0. The van der Waals surface area contributed by atoms with E-state index in [1.807, 2.05) is 50.3 Å². The number of carbonyl (C=O) groups excluding carboxylic acids is 1. The Kier molecular flexibility index (Phi) is 6.45. The smallest absolute Gasteiger partial charge is 0.321 e. The van der Waals surface area contributed by atoms with Crippen LogP contribution in [0, 0.1) is 0 Å². The summed E-state index contributed by atoms with van der Waals surface area (Å²) in [5.41, 5.74) is 1.82. The summed E-state index contributed by atoms with van der Waals surface area (Å²) in [5, 5.41) is 3.00. The molecule has 0 bridgehead atoms. The highest BCUT2D eigenvalue weighted by atomic mass is 16.5. The number of ether oxygens (including phenoxy) is 1. The molecule has 0 aliphatic carbocycles. The molecule has 1 fully saturated rings. The van der Waals surface area contributed by atoms with E-state index < -0.39 is 0 Å². The van der Waals surface area contributed by atoms with Crippen molar-refractivity contribution in [1.29, 1.82) is 0 Å². The number of nitrogens with one attached hydrogen (secondary N) is 1. The van der Waals surface area contributed by atoms with Crippen LogP contribution in [0.3, 0.4) is 0 Å². The van der Waals surface area contributed by atoms with Crippen molar-refractivity contribution in [2.45, 2.75) is 26.1 Å². The Morgan fingerprint density at radius 1 is 1.21 bits per heavy atom. The molecule has 0 radical (unpaired) electrons. The Labute approximate surface area is 145 Å². The van der Waals surface area contributed by atoms with Crippen LogP contribution >= 0.6 is 0 Å². The van der Waals surface area contributed by atoms with Gasteiger partial charge < -0.3 is 19.9 Å². The van der Waals surface area contributed by atoms with Crippen LogP contribution < -0.4 is 10.2 Å². The number of hydrogen-bond donors (Lipinski definition) is 1. The molecule has 1 aromatic rings. The van der Waals surface area contributed by atoms with Crippen LogP contribution in [-0.4, -0.2) is 75.4 Å². The highest BCUT2D eigenvalue weighted by Gasteiger charge is 2.22.